The van der Waals surface area contributed by atoms with Gasteiger partial charge in [-0.25, -0.2) is 0 Å². The number of rotatable bonds is 5. The van der Waals surface area contributed by atoms with Crippen molar-refractivity contribution in [2.45, 2.75) is 24.7 Å². The van der Waals surface area contributed by atoms with Crippen molar-refractivity contribution >= 4 is 33.4 Å². The van der Waals surface area contributed by atoms with Crippen LogP contribution in [0.4, 0.5) is 4.39 Å². The molecule has 0 aliphatic carbocycles. The standard InChI is InChI=1S/C20H20FN3O4S/c21-17-8-12-7-13(23-19(12)29-17)18(27)22-14(6-11-4-2-1-3-5-11)20(28)24-9-15(25)16(26)10-24/h1-5,7-8,14-16,23,25-26H,6,9-10H2,(H,22,27). The Hall–Kier alpha value is -2.75. The Bertz CT molecular complexity index is 993. The molecule has 0 saturated carbocycles. The predicted molar refractivity (Wildman–Crippen MR) is 106 cm³/mol. The van der Waals surface area contributed by atoms with Gasteiger partial charge in [0, 0.05) is 24.9 Å². The number of carbonyl (C=O) groups is 2. The number of aliphatic hydroxyl groups is 2. The van der Waals surface area contributed by atoms with Crippen LogP contribution in [0.3, 0.4) is 0 Å². The molecule has 3 aromatic rings. The van der Waals surface area contributed by atoms with E-state index in [4.69, 9.17) is 0 Å². The average molecular weight is 417 g/mol. The van der Waals surface area contributed by atoms with Crippen molar-refractivity contribution in [2.75, 3.05) is 13.1 Å². The van der Waals surface area contributed by atoms with Gasteiger partial charge in [0.25, 0.3) is 5.91 Å². The third-order valence-electron chi connectivity index (χ3n) is 4.98. The molecule has 0 spiro atoms. The third kappa shape index (κ3) is 4.16. The summed E-state index contributed by atoms with van der Waals surface area (Å²) in [6.07, 6.45) is -1.74. The van der Waals surface area contributed by atoms with E-state index in [0.29, 0.717) is 10.2 Å². The van der Waals surface area contributed by atoms with Crippen molar-refractivity contribution in [3.8, 4) is 0 Å². The van der Waals surface area contributed by atoms with Gasteiger partial charge in [0.05, 0.1) is 12.2 Å². The molecule has 2 aromatic heterocycles. The molecule has 4 rings (SSSR count). The summed E-state index contributed by atoms with van der Waals surface area (Å²) in [4.78, 5) is 30.5. The highest BCUT2D eigenvalue weighted by Crippen LogP contribution is 2.24. The van der Waals surface area contributed by atoms with E-state index in [1.165, 1.54) is 17.0 Å². The SMILES string of the molecule is O=C(NC(Cc1ccccc1)C(=O)N1CC(O)C(O)C1)c1cc2cc(F)sc2[nH]1. The van der Waals surface area contributed by atoms with Crippen molar-refractivity contribution in [3.63, 3.8) is 0 Å². The number of carbonyl (C=O) groups excluding carboxylic acids is 2. The molecule has 3 heterocycles. The topological polar surface area (TPSA) is 106 Å². The maximum atomic E-state index is 13.3. The lowest BCUT2D eigenvalue weighted by Crippen LogP contribution is -2.49. The summed E-state index contributed by atoms with van der Waals surface area (Å²) in [5.41, 5.74) is 1.10. The number of fused-ring (bicyclic) bond motifs is 1. The van der Waals surface area contributed by atoms with Gasteiger partial charge in [-0.2, -0.15) is 4.39 Å². The number of benzene rings is 1. The number of β-amino-alcohol motifs (C(OH)–C–C–N with tert-alkyl or cyclic N) is 2. The molecular weight excluding hydrogens is 397 g/mol. The van der Waals surface area contributed by atoms with E-state index in [0.717, 1.165) is 16.9 Å². The van der Waals surface area contributed by atoms with E-state index in [1.54, 1.807) is 0 Å². The summed E-state index contributed by atoms with van der Waals surface area (Å²) in [6, 6.07) is 11.3. The molecule has 1 aliphatic heterocycles. The van der Waals surface area contributed by atoms with E-state index in [1.807, 2.05) is 30.3 Å². The highest BCUT2D eigenvalue weighted by Gasteiger charge is 2.36. The zero-order valence-corrected chi connectivity index (χ0v) is 16.2. The molecule has 152 valence electrons. The molecule has 1 saturated heterocycles. The van der Waals surface area contributed by atoms with Crippen molar-refractivity contribution in [2.24, 2.45) is 0 Å². The number of H-pyrrole nitrogens is 1. The minimum absolute atomic E-state index is 0.0126. The molecule has 1 aromatic carbocycles. The van der Waals surface area contributed by atoms with Gasteiger partial charge >= 0.3 is 0 Å². The number of nitrogens with zero attached hydrogens (tertiary/aromatic N) is 1. The van der Waals surface area contributed by atoms with E-state index < -0.39 is 24.2 Å². The molecule has 0 radical (unpaired) electrons. The van der Waals surface area contributed by atoms with E-state index in [-0.39, 0.29) is 36.2 Å². The van der Waals surface area contributed by atoms with E-state index >= 15 is 0 Å². The fourth-order valence-corrected chi connectivity index (χ4v) is 4.25. The Kier molecular flexibility index (Phi) is 5.35. The number of amides is 2. The number of nitrogens with one attached hydrogen (secondary N) is 2. The van der Waals surface area contributed by atoms with Crippen LogP contribution in [0.1, 0.15) is 16.1 Å². The summed E-state index contributed by atoms with van der Waals surface area (Å²) >= 11 is 0.906. The normalized spacial score (nSPS) is 20.2. The first-order chi connectivity index (χ1) is 13.9. The van der Waals surface area contributed by atoms with Crippen LogP contribution >= 0.6 is 11.3 Å². The molecular formula is C20H20FN3O4S. The highest BCUT2D eigenvalue weighted by atomic mass is 32.1. The van der Waals surface area contributed by atoms with Crippen LogP contribution in [0, 0.1) is 5.13 Å². The lowest BCUT2D eigenvalue weighted by Gasteiger charge is -2.24. The van der Waals surface area contributed by atoms with Crippen molar-refractivity contribution in [1.29, 1.82) is 0 Å². The Morgan fingerprint density at radius 1 is 1.21 bits per heavy atom. The zero-order valence-electron chi connectivity index (χ0n) is 15.3. The van der Waals surface area contributed by atoms with Gasteiger partial charge in [-0.15, -0.1) is 0 Å². The van der Waals surface area contributed by atoms with E-state index in [2.05, 4.69) is 10.3 Å². The van der Waals surface area contributed by atoms with Crippen LogP contribution < -0.4 is 5.32 Å². The van der Waals surface area contributed by atoms with Gasteiger partial charge in [0.2, 0.25) is 5.91 Å². The second-order valence-corrected chi connectivity index (χ2v) is 8.11. The van der Waals surface area contributed by atoms with Crippen LogP contribution in [0.15, 0.2) is 42.5 Å². The smallest absolute Gasteiger partial charge is 0.268 e. The van der Waals surface area contributed by atoms with E-state index in [9.17, 15) is 24.2 Å². The highest BCUT2D eigenvalue weighted by molar-refractivity contribution is 7.17. The monoisotopic (exact) mass is 417 g/mol. The molecule has 0 bridgehead atoms. The number of thiophene rings is 1. The molecule has 1 fully saturated rings. The number of aromatic amines is 1. The number of halogens is 1. The van der Waals surface area contributed by atoms with Gasteiger partial charge in [0.15, 0.2) is 5.13 Å². The molecule has 1 aliphatic rings. The van der Waals surface area contributed by atoms with Gasteiger partial charge in [-0.1, -0.05) is 41.7 Å². The predicted octanol–water partition coefficient (Wildman–Crippen LogP) is 1.27. The molecule has 4 N–H and O–H groups in total. The third-order valence-corrected chi connectivity index (χ3v) is 5.83. The van der Waals surface area contributed by atoms with Crippen molar-refractivity contribution in [3.05, 3.63) is 58.9 Å². The molecule has 3 unspecified atom stereocenters. The minimum Gasteiger partial charge on any atom is -0.388 e. The minimum atomic E-state index is -1.00. The Morgan fingerprint density at radius 2 is 1.90 bits per heavy atom. The molecule has 3 atom stereocenters. The lowest BCUT2D eigenvalue weighted by atomic mass is 10.0. The first kappa shape index (κ1) is 19.6. The second kappa shape index (κ2) is 7.94. The number of hydrogen-bond acceptors (Lipinski definition) is 5. The Labute approximate surface area is 169 Å². The average Bonchev–Trinajstić information content (AvgIpc) is 3.34. The van der Waals surface area contributed by atoms with Crippen LogP contribution in [0.5, 0.6) is 0 Å². The first-order valence-electron chi connectivity index (χ1n) is 9.18. The summed E-state index contributed by atoms with van der Waals surface area (Å²) in [7, 11) is 0. The van der Waals surface area contributed by atoms with Crippen LogP contribution in [-0.4, -0.2) is 63.3 Å². The van der Waals surface area contributed by atoms with Crippen LogP contribution in [0.25, 0.3) is 10.2 Å². The molecule has 7 nitrogen and oxygen atoms in total. The quantitative estimate of drug-likeness (QED) is 0.502. The maximum Gasteiger partial charge on any atom is 0.268 e. The number of likely N-dealkylation sites (tertiary alicyclic amines) is 1. The molecule has 29 heavy (non-hydrogen) atoms. The van der Waals surface area contributed by atoms with Crippen LogP contribution in [0.2, 0.25) is 0 Å². The van der Waals surface area contributed by atoms with Gasteiger partial charge in [0.1, 0.15) is 16.6 Å². The zero-order chi connectivity index (χ0) is 20.5. The van der Waals surface area contributed by atoms with Gasteiger partial charge in [-0.3, -0.25) is 9.59 Å². The lowest BCUT2D eigenvalue weighted by molar-refractivity contribution is -0.132. The van der Waals surface area contributed by atoms with Crippen molar-refractivity contribution in [1.82, 2.24) is 15.2 Å². The summed E-state index contributed by atoms with van der Waals surface area (Å²) in [5.74, 6) is -0.861. The van der Waals surface area contributed by atoms with Gasteiger partial charge < -0.3 is 25.4 Å². The molecule has 2 amide bonds. The van der Waals surface area contributed by atoms with Crippen LogP contribution in [-0.2, 0) is 11.2 Å². The number of hydrogen-bond donors (Lipinski definition) is 4. The first-order valence-corrected chi connectivity index (χ1v) is 10.00. The Morgan fingerprint density at radius 3 is 2.55 bits per heavy atom. The summed E-state index contributed by atoms with van der Waals surface area (Å²) < 4.78 is 13.3. The summed E-state index contributed by atoms with van der Waals surface area (Å²) in [6.45, 7) is 0.0251. The van der Waals surface area contributed by atoms with Crippen molar-refractivity contribution < 1.29 is 24.2 Å². The largest absolute Gasteiger partial charge is 0.388 e. The van der Waals surface area contributed by atoms with Gasteiger partial charge in [-0.05, 0) is 17.7 Å². The fraction of sp³-hybridized carbons (Fsp3) is 0.300. The summed E-state index contributed by atoms with van der Waals surface area (Å²) in [5, 5.41) is 22.5. The molecule has 9 heteroatoms. The maximum absolute atomic E-state index is 13.3. The Balaban J connectivity index is 1.54. The fourth-order valence-electron chi connectivity index (χ4n) is 3.47. The number of aliphatic hydroxyl groups excluding tert-OH is 2. The number of aromatic nitrogens is 1. The second-order valence-electron chi connectivity index (χ2n) is 7.11.